The third kappa shape index (κ3) is 3.67. The van der Waals surface area contributed by atoms with Crippen molar-refractivity contribution >= 4 is 5.91 Å². The Kier molecular flexibility index (Phi) is 5.06. The van der Waals surface area contributed by atoms with Crippen molar-refractivity contribution in [3.05, 3.63) is 53.7 Å². The zero-order valence-electron chi connectivity index (χ0n) is 12.6. The fourth-order valence-corrected chi connectivity index (χ4v) is 2.08. The fourth-order valence-electron chi connectivity index (χ4n) is 2.08. The van der Waals surface area contributed by atoms with Crippen molar-refractivity contribution < 1.29 is 9.53 Å². The average molecular weight is 284 g/mol. The minimum Gasteiger partial charge on any atom is -0.377 e. The Morgan fingerprint density at radius 3 is 2.86 bits per heavy atom. The lowest BCUT2D eigenvalue weighted by molar-refractivity contribution is 0.0955. The largest absolute Gasteiger partial charge is 0.377 e. The van der Waals surface area contributed by atoms with Crippen LogP contribution in [0.25, 0.3) is 11.3 Å². The van der Waals surface area contributed by atoms with Crippen LogP contribution in [-0.2, 0) is 4.74 Å². The molecule has 1 amide bonds. The molecule has 0 aliphatic carbocycles. The molecule has 4 heteroatoms. The minimum absolute atomic E-state index is 0.0246. The van der Waals surface area contributed by atoms with Gasteiger partial charge in [-0.3, -0.25) is 9.78 Å². The highest BCUT2D eigenvalue weighted by Crippen LogP contribution is 2.23. The predicted molar refractivity (Wildman–Crippen MR) is 83.1 cm³/mol. The number of nitrogens with zero attached hydrogens (tertiary/aromatic N) is 1. The van der Waals surface area contributed by atoms with Gasteiger partial charge in [0.2, 0.25) is 0 Å². The van der Waals surface area contributed by atoms with E-state index in [2.05, 4.69) is 10.3 Å². The smallest absolute Gasteiger partial charge is 0.251 e. The first-order valence-corrected chi connectivity index (χ1v) is 7.03. The fraction of sp³-hybridized carbons (Fsp3) is 0.294. The maximum absolute atomic E-state index is 11.9. The second kappa shape index (κ2) is 6.99. The number of carbonyl (C=O) groups is 1. The number of amides is 1. The molecular weight excluding hydrogens is 264 g/mol. The van der Waals surface area contributed by atoms with E-state index in [-0.39, 0.29) is 12.0 Å². The van der Waals surface area contributed by atoms with Gasteiger partial charge in [0, 0.05) is 31.0 Å². The van der Waals surface area contributed by atoms with Gasteiger partial charge in [-0.1, -0.05) is 18.2 Å². The Hall–Kier alpha value is -2.20. The van der Waals surface area contributed by atoms with Gasteiger partial charge in [-0.15, -0.1) is 0 Å². The van der Waals surface area contributed by atoms with E-state index >= 15 is 0 Å². The average Bonchev–Trinajstić information content (AvgIpc) is 2.54. The molecule has 2 aromatic rings. The predicted octanol–water partition coefficient (Wildman–Crippen LogP) is 3.21. The molecule has 4 nitrogen and oxygen atoms in total. The van der Waals surface area contributed by atoms with Crippen molar-refractivity contribution in [2.75, 3.05) is 13.7 Å². The lowest BCUT2D eigenvalue weighted by atomic mass is 10.0. The molecule has 0 saturated heterocycles. The van der Waals surface area contributed by atoms with Gasteiger partial charge in [-0.05, 0) is 37.6 Å². The molecule has 2 rings (SSSR count). The highest BCUT2D eigenvalue weighted by molar-refractivity contribution is 5.95. The summed E-state index contributed by atoms with van der Waals surface area (Å²) < 4.78 is 5.34. The molecule has 110 valence electrons. The molecule has 1 N–H and O–H groups in total. The van der Waals surface area contributed by atoms with Gasteiger partial charge >= 0.3 is 0 Å². The van der Waals surface area contributed by atoms with E-state index in [1.54, 1.807) is 19.4 Å². The first-order valence-electron chi connectivity index (χ1n) is 7.03. The summed E-state index contributed by atoms with van der Waals surface area (Å²) in [5, 5.41) is 2.79. The molecule has 1 aromatic carbocycles. The van der Waals surface area contributed by atoms with Crippen LogP contribution in [0.2, 0.25) is 0 Å². The zero-order chi connectivity index (χ0) is 15.2. The van der Waals surface area contributed by atoms with E-state index in [4.69, 9.17) is 4.74 Å². The van der Waals surface area contributed by atoms with Gasteiger partial charge in [-0.25, -0.2) is 0 Å². The van der Waals surface area contributed by atoms with Gasteiger partial charge in [0.05, 0.1) is 11.8 Å². The van der Waals surface area contributed by atoms with Crippen LogP contribution in [0.5, 0.6) is 0 Å². The highest BCUT2D eigenvalue weighted by atomic mass is 16.5. The summed E-state index contributed by atoms with van der Waals surface area (Å²) >= 11 is 0. The van der Waals surface area contributed by atoms with E-state index < -0.39 is 0 Å². The molecule has 1 heterocycles. The molecule has 0 radical (unpaired) electrons. The SMILES string of the molecule is CCNC(=O)c1ccnc(-c2cccc(C(C)OC)c2)c1. The molecule has 21 heavy (non-hydrogen) atoms. The molecule has 0 aliphatic rings. The van der Waals surface area contributed by atoms with E-state index in [1.807, 2.05) is 44.2 Å². The first-order chi connectivity index (χ1) is 10.2. The Bertz CT molecular complexity index is 626. The van der Waals surface area contributed by atoms with Crippen LogP contribution in [-0.4, -0.2) is 24.5 Å². The normalized spacial score (nSPS) is 12.0. The Labute approximate surface area is 125 Å². The van der Waals surface area contributed by atoms with Crippen LogP contribution in [0, 0.1) is 0 Å². The summed E-state index contributed by atoms with van der Waals surface area (Å²) in [5.41, 5.74) is 3.46. The number of ether oxygens (including phenoxy) is 1. The Balaban J connectivity index is 2.34. The molecular formula is C17H20N2O2. The second-order valence-corrected chi connectivity index (χ2v) is 4.79. The van der Waals surface area contributed by atoms with Gasteiger partial charge in [-0.2, -0.15) is 0 Å². The number of hydrogen-bond acceptors (Lipinski definition) is 3. The molecule has 0 saturated carbocycles. The molecule has 1 atom stereocenters. The van der Waals surface area contributed by atoms with Gasteiger partial charge < -0.3 is 10.1 Å². The molecule has 0 aliphatic heterocycles. The topological polar surface area (TPSA) is 51.2 Å². The summed E-state index contributed by atoms with van der Waals surface area (Å²) in [6, 6.07) is 11.5. The number of methoxy groups -OCH3 is 1. The Morgan fingerprint density at radius 2 is 2.14 bits per heavy atom. The molecule has 1 unspecified atom stereocenters. The van der Waals surface area contributed by atoms with Crippen molar-refractivity contribution in [3.63, 3.8) is 0 Å². The summed E-state index contributed by atoms with van der Waals surface area (Å²) in [4.78, 5) is 16.2. The van der Waals surface area contributed by atoms with Crippen molar-refractivity contribution in [2.45, 2.75) is 20.0 Å². The molecule has 0 fully saturated rings. The van der Waals surface area contributed by atoms with Crippen molar-refractivity contribution in [2.24, 2.45) is 0 Å². The van der Waals surface area contributed by atoms with E-state index in [1.165, 1.54) is 0 Å². The maximum atomic E-state index is 11.9. The van der Waals surface area contributed by atoms with Crippen molar-refractivity contribution in [1.29, 1.82) is 0 Å². The number of carbonyl (C=O) groups excluding carboxylic acids is 1. The summed E-state index contributed by atoms with van der Waals surface area (Å²) in [5.74, 6) is -0.0810. The first kappa shape index (κ1) is 15.2. The highest BCUT2D eigenvalue weighted by Gasteiger charge is 2.09. The van der Waals surface area contributed by atoms with Crippen molar-refractivity contribution in [1.82, 2.24) is 10.3 Å². The van der Waals surface area contributed by atoms with Crippen LogP contribution >= 0.6 is 0 Å². The van der Waals surface area contributed by atoms with Crippen LogP contribution in [0.15, 0.2) is 42.6 Å². The number of hydrogen-bond donors (Lipinski definition) is 1. The van der Waals surface area contributed by atoms with Gasteiger partial charge in [0.1, 0.15) is 0 Å². The quantitative estimate of drug-likeness (QED) is 0.917. The minimum atomic E-state index is -0.0810. The third-order valence-electron chi connectivity index (χ3n) is 3.36. The van der Waals surface area contributed by atoms with Crippen LogP contribution in [0.3, 0.4) is 0 Å². The number of rotatable bonds is 5. The lowest BCUT2D eigenvalue weighted by Crippen LogP contribution is -2.22. The number of pyridine rings is 1. The zero-order valence-corrected chi connectivity index (χ0v) is 12.6. The van der Waals surface area contributed by atoms with Crippen LogP contribution in [0.1, 0.15) is 35.9 Å². The lowest BCUT2D eigenvalue weighted by Gasteiger charge is -2.11. The van der Waals surface area contributed by atoms with Crippen LogP contribution < -0.4 is 5.32 Å². The molecule has 0 bridgehead atoms. The molecule has 1 aromatic heterocycles. The summed E-state index contributed by atoms with van der Waals surface area (Å²) in [6.07, 6.45) is 1.68. The van der Waals surface area contributed by atoms with E-state index in [0.717, 1.165) is 16.8 Å². The number of nitrogens with one attached hydrogen (secondary N) is 1. The van der Waals surface area contributed by atoms with Crippen LogP contribution in [0.4, 0.5) is 0 Å². The molecule has 0 spiro atoms. The standard InChI is InChI=1S/C17H20N2O2/c1-4-18-17(20)15-8-9-19-16(11-15)14-7-5-6-13(10-14)12(2)21-3/h5-12H,4H2,1-3H3,(H,18,20). The maximum Gasteiger partial charge on any atom is 0.251 e. The number of aromatic nitrogens is 1. The van der Waals surface area contributed by atoms with E-state index in [9.17, 15) is 4.79 Å². The van der Waals surface area contributed by atoms with E-state index in [0.29, 0.717) is 12.1 Å². The monoisotopic (exact) mass is 284 g/mol. The van der Waals surface area contributed by atoms with Gasteiger partial charge in [0.15, 0.2) is 0 Å². The summed E-state index contributed by atoms with van der Waals surface area (Å²) in [7, 11) is 1.69. The Morgan fingerprint density at radius 1 is 1.33 bits per heavy atom. The third-order valence-corrected chi connectivity index (χ3v) is 3.36. The van der Waals surface area contributed by atoms with Crippen molar-refractivity contribution in [3.8, 4) is 11.3 Å². The second-order valence-electron chi connectivity index (χ2n) is 4.79. The summed E-state index contributed by atoms with van der Waals surface area (Å²) in [6.45, 7) is 4.50. The number of benzene rings is 1. The van der Waals surface area contributed by atoms with Gasteiger partial charge in [0.25, 0.3) is 5.91 Å².